The second-order valence-corrected chi connectivity index (χ2v) is 9.83. The fraction of sp³-hybridized carbons (Fsp3) is 0.304. The fourth-order valence-electron chi connectivity index (χ4n) is 3.77. The van der Waals surface area contributed by atoms with E-state index in [-0.39, 0.29) is 5.91 Å². The summed E-state index contributed by atoms with van der Waals surface area (Å²) >= 11 is 0. The van der Waals surface area contributed by atoms with E-state index in [2.05, 4.69) is 0 Å². The molecule has 31 heavy (non-hydrogen) atoms. The summed E-state index contributed by atoms with van der Waals surface area (Å²) in [6.45, 7) is 3.61. The van der Waals surface area contributed by atoms with Gasteiger partial charge in [-0.25, -0.2) is 17.4 Å². The SMILES string of the molecule is Cc1ccc(-c2nn(-c3ccccc3)cc2C(=O)N2CCCN(S(C)(=O)=O)CC2)cc1. The van der Waals surface area contributed by atoms with Crippen LogP contribution < -0.4 is 0 Å². The van der Waals surface area contributed by atoms with Gasteiger partial charge in [0.2, 0.25) is 10.0 Å². The van der Waals surface area contributed by atoms with E-state index in [4.69, 9.17) is 5.10 Å². The van der Waals surface area contributed by atoms with Crippen LogP contribution in [-0.4, -0.2) is 65.7 Å². The number of carbonyl (C=O) groups excluding carboxylic acids is 1. The number of aryl methyl sites for hydroxylation is 1. The van der Waals surface area contributed by atoms with Crippen molar-refractivity contribution in [3.63, 3.8) is 0 Å². The van der Waals surface area contributed by atoms with Crippen LogP contribution in [0.4, 0.5) is 0 Å². The van der Waals surface area contributed by atoms with E-state index in [1.54, 1.807) is 15.8 Å². The van der Waals surface area contributed by atoms with Crippen LogP contribution in [0.25, 0.3) is 16.9 Å². The van der Waals surface area contributed by atoms with Gasteiger partial charge in [-0.05, 0) is 25.5 Å². The van der Waals surface area contributed by atoms with Crippen molar-refractivity contribution in [2.75, 3.05) is 32.4 Å². The molecule has 1 aromatic heterocycles. The van der Waals surface area contributed by atoms with E-state index in [0.717, 1.165) is 16.8 Å². The summed E-state index contributed by atoms with van der Waals surface area (Å²) in [5, 5.41) is 4.74. The van der Waals surface area contributed by atoms with Crippen molar-refractivity contribution < 1.29 is 13.2 Å². The molecular weight excluding hydrogens is 412 g/mol. The summed E-state index contributed by atoms with van der Waals surface area (Å²) in [5.41, 5.74) is 4.01. The van der Waals surface area contributed by atoms with E-state index < -0.39 is 10.0 Å². The van der Waals surface area contributed by atoms with E-state index in [9.17, 15) is 13.2 Å². The molecule has 0 N–H and O–H groups in total. The normalized spacial score (nSPS) is 15.6. The molecule has 1 aliphatic heterocycles. The Kier molecular flexibility index (Phi) is 5.93. The Bertz CT molecular complexity index is 1170. The first-order valence-electron chi connectivity index (χ1n) is 10.3. The second kappa shape index (κ2) is 8.64. The molecule has 3 aromatic rings. The lowest BCUT2D eigenvalue weighted by Gasteiger charge is -2.21. The zero-order valence-electron chi connectivity index (χ0n) is 17.7. The summed E-state index contributed by atoms with van der Waals surface area (Å²) in [4.78, 5) is 15.3. The fourth-order valence-corrected chi connectivity index (χ4v) is 4.64. The number of aromatic nitrogens is 2. The largest absolute Gasteiger partial charge is 0.337 e. The van der Waals surface area contributed by atoms with Gasteiger partial charge in [-0.3, -0.25) is 4.79 Å². The zero-order valence-corrected chi connectivity index (χ0v) is 18.5. The molecule has 7 nitrogen and oxygen atoms in total. The van der Waals surface area contributed by atoms with Crippen molar-refractivity contribution >= 4 is 15.9 Å². The van der Waals surface area contributed by atoms with Crippen LogP contribution in [0.3, 0.4) is 0 Å². The molecule has 0 aliphatic carbocycles. The molecule has 0 unspecified atom stereocenters. The highest BCUT2D eigenvalue weighted by Crippen LogP contribution is 2.26. The summed E-state index contributed by atoms with van der Waals surface area (Å²) in [7, 11) is -3.27. The number of carbonyl (C=O) groups is 1. The van der Waals surface area contributed by atoms with Gasteiger partial charge in [-0.2, -0.15) is 5.10 Å². The third-order valence-electron chi connectivity index (χ3n) is 5.50. The van der Waals surface area contributed by atoms with Gasteiger partial charge in [-0.1, -0.05) is 48.0 Å². The van der Waals surface area contributed by atoms with Crippen LogP contribution in [0, 0.1) is 6.92 Å². The molecule has 4 rings (SSSR count). The van der Waals surface area contributed by atoms with Crippen molar-refractivity contribution in [2.24, 2.45) is 0 Å². The van der Waals surface area contributed by atoms with Crippen molar-refractivity contribution in [2.45, 2.75) is 13.3 Å². The number of benzene rings is 2. The molecule has 1 aliphatic rings. The number of rotatable bonds is 4. The third kappa shape index (κ3) is 4.70. The number of hydrogen-bond acceptors (Lipinski definition) is 4. The van der Waals surface area contributed by atoms with Crippen LogP contribution in [0.15, 0.2) is 60.8 Å². The van der Waals surface area contributed by atoms with Crippen LogP contribution >= 0.6 is 0 Å². The van der Waals surface area contributed by atoms with Gasteiger partial charge in [0.25, 0.3) is 5.91 Å². The number of amides is 1. The Hall–Kier alpha value is -2.97. The summed E-state index contributed by atoms with van der Waals surface area (Å²) < 4.78 is 27.0. The highest BCUT2D eigenvalue weighted by atomic mass is 32.2. The Balaban J connectivity index is 1.70. The minimum atomic E-state index is -3.27. The first kappa shape index (κ1) is 21.3. The quantitative estimate of drug-likeness (QED) is 0.628. The molecule has 2 heterocycles. The molecule has 0 spiro atoms. The maximum absolute atomic E-state index is 13.5. The standard InChI is InChI=1S/C23H26N4O3S/c1-18-9-11-19(12-10-18)22-21(17-27(24-22)20-7-4-3-5-8-20)23(28)25-13-6-14-26(16-15-25)31(2,29)30/h3-5,7-12,17H,6,13-16H2,1-2H3. The summed E-state index contributed by atoms with van der Waals surface area (Å²) in [5.74, 6) is -0.131. The monoisotopic (exact) mass is 438 g/mol. The molecule has 0 saturated carbocycles. The Morgan fingerprint density at radius 2 is 1.65 bits per heavy atom. The average Bonchev–Trinajstić information content (AvgIpc) is 3.03. The number of nitrogens with zero attached hydrogens (tertiary/aromatic N) is 4. The predicted molar refractivity (Wildman–Crippen MR) is 121 cm³/mol. The van der Waals surface area contributed by atoms with Gasteiger partial charge in [0.1, 0.15) is 5.69 Å². The Morgan fingerprint density at radius 1 is 0.935 bits per heavy atom. The van der Waals surface area contributed by atoms with E-state index in [0.29, 0.717) is 43.9 Å². The van der Waals surface area contributed by atoms with E-state index in [1.165, 1.54) is 10.6 Å². The zero-order chi connectivity index (χ0) is 22.0. The van der Waals surface area contributed by atoms with Crippen LogP contribution in [0.2, 0.25) is 0 Å². The van der Waals surface area contributed by atoms with Gasteiger partial charge in [0.05, 0.1) is 17.5 Å². The maximum atomic E-state index is 13.5. The minimum Gasteiger partial charge on any atom is -0.337 e. The highest BCUT2D eigenvalue weighted by Gasteiger charge is 2.27. The molecule has 0 radical (unpaired) electrons. The minimum absolute atomic E-state index is 0.131. The van der Waals surface area contributed by atoms with Gasteiger partial charge in [0.15, 0.2) is 0 Å². The van der Waals surface area contributed by atoms with Crippen molar-refractivity contribution in [1.82, 2.24) is 19.0 Å². The van der Waals surface area contributed by atoms with Gasteiger partial charge >= 0.3 is 0 Å². The average molecular weight is 439 g/mol. The summed E-state index contributed by atoms with van der Waals surface area (Å²) in [6, 6.07) is 17.6. The highest BCUT2D eigenvalue weighted by molar-refractivity contribution is 7.88. The predicted octanol–water partition coefficient (Wildman–Crippen LogP) is 2.96. The third-order valence-corrected chi connectivity index (χ3v) is 6.80. The van der Waals surface area contributed by atoms with E-state index in [1.807, 2.05) is 61.5 Å². The lowest BCUT2D eigenvalue weighted by atomic mass is 10.1. The second-order valence-electron chi connectivity index (χ2n) is 7.85. The van der Waals surface area contributed by atoms with E-state index >= 15 is 0 Å². The molecule has 1 saturated heterocycles. The topological polar surface area (TPSA) is 75.5 Å². The summed E-state index contributed by atoms with van der Waals surface area (Å²) in [6.07, 6.45) is 3.58. The molecule has 0 atom stereocenters. The molecular formula is C23H26N4O3S. The van der Waals surface area contributed by atoms with Crippen LogP contribution in [0.5, 0.6) is 0 Å². The Morgan fingerprint density at radius 3 is 2.32 bits per heavy atom. The van der Waals surface area contributed by atoms with Gasteiger partial charge in [-0.15, -0.1) is 0 Å². The number of para-hydroxylation sites is 1. The van der Waals surface area contributed by atoms with Crippen molar-refractivity contribution in [3.8, 4) is 16.9 Å². The molecule has 1 fully saturated rings. The van der Waals surface area contributed by atoms with Crippen LogP contribution in [-0.2, 0) is 10.0 Å². The molecule has 2 aromatic carbocycles. The molecule has 0 bridgehead atoms. The first-order chi connectivity index (χ1) is 14.8. The van der Waals surface area contributed by atoms with Gasteiger partial charge in [0, 0.05) is 37.9 Å². The van der Waals surface area contributed by atoms with Crippen molar-refractivity contribution in [1.29, 1.82) is 0 Å². The molecule has 8 heteroatoms. The Labute approximate surface area is 183 Å². The molecule has 162 valence electrons. The lowest BCUT2D eigenvalue weighted by molar-refractivity contribution is 0.0765. The number of sulfonamides is 1. The van der Waals surface area contributed by atoms with Crippen LogP contribution in [0.1, 0.15) is 22.3 Å². The maximum Gasteiger partial charge on any atom is 0.257 e. The van der Waals surface area contributed by atoms with Gasteiger partial charge < -0.3 is 4.90 Å². The first-order valence-corrected chi connectivity index (χ1v) is 12.1. The van der Waals surface area contributed by atoms with Crippen molar-refractivity contribution in [3.05, 3.63) is 71.9 Å². The number of hydrogen-bond donors (Lipinski definition) is 0. The molecule has 1 amide bonds. The smallest absolute Gasteiger partial charge is 0.257 e. The lowest BCUT2D eigenvalue weighted by Crippen LogP contribution is -2.37.